The van der Waals surface area contributed by atoms with Gasteiger partial charge in [0.2, 0.25) is 0 Å². The summed E-state index contributed by atoms with van der Waals surface area (Å²) in [4.78, 5) is 6.37. The number of pyridine rings is 1. The molecule has 2 atom stereocenters. The Labute approximate surface area is 175 Å². The second-order valence-corrected chi connectivity index (χ2v) is 10.2. The van der Waals surface area contributed by atoms with Gasteiger partial charge < -0.3 is 14.4 Å². The molecular formula is C19H28BrN3O4S. The van der Waals surface area contributed by atoms with Crippen LogP contribution in [0, 0.1) is 5.92 Å². The first kappa shape index (κ1) is 21.7. The first-order valence-corrected chi connectivity index (χ1v) is 11.7. The maximum Gasteiger partial charge on any atom is 0.262 e. The molecule has 2 unspecified atom stereocenters. The largest absolute Gasteiger partial charge is 0.381 e. The SMILES string of the molecule is C=C(C)CN(C)c1ccc(Br)c(S(=O)(=O)N2CCOCC2CC2CCOC2)n1. The number of likely N-dealkylation sites (N-methyl/N-ethyl adjacent to an activating group) is 1. The summed E-state index contributed by atoms with van der Waals surface area (Å²) in [5.41, 5.74) is 0.976. The predicted molar refractivity (Wildman–Crippen MR) is 112 cm³/mol. The van der Waals surface area contributed by atoms with E-state index in [4.69, 9.17) is 9.47 Å². The number of nitrogens with zero attached hydrogens (tertiary/aromatic N) is 3. The highest BCUT2D eigenvalue weighted by molar-refractivity contribution is 9.10. The topological polar surface area (TPSA) is 72.0 Å². The van der Waals surface area contributed by atoms with Gasteiger partial charge >= 0.3 is 0 Å². The van der Waals surface area contributed by atoms with Crippen molar-refractivity contribution in [3.05, 3.63) is 28.8 Å². The van der Waals surface area contributed by atoms with Gasteiger partial charge in [-0.2, -0.15) is 4.31 Å². The van der Waals surface area contributed by atoms with Crippen molar-refractivity contribution >= 4 is 31.8 Å². The van der Waals surface area contributed by atoms with Crippen LogP contribution in [0.4, 0.5) is 5.82 Å². The van der Waals surface area contributed by atoms with Gasteiger partial charge in [-0.15, -0.1) is 0 Å². The lowest BCUT2D eigenvalue weighted by Crippen LogP contribution is -2.49. The summed E-state index contributed by atoms with van der Waals surface area (Å²) in [5.74, 6) is 0.965. The van der Waals surface area contributed by atoms with Crippen molar-refractivity contribution in [1.29, 1.82) is 0 Å². The molecule has 3 heterocycles. The van der Waals surface area contributed by atoms with Crippen LogP contribution in [0.25, 0.3) is 0 Å². The Morgan fingerprint density at radius 1 is 1.36 bits per heavy atom. The fraction of sp³-hybridized carbons (Fsp3) is 0.632. The molecule has 1 aromatic heterocycles. The maximum atomic E-state index is 13.5. The molecule has 156 valence electrons. The Balaban J connectivity index is 1.88. The number of hydrogen-bond donors (Lipinski definition) is 0. The molecule has 0 radical (unpaired) electrons. The molecule has 3 rings (SSSR count). The molecule has 0 saturated carbocycles. The predicted octanol–water partition coefficient (Wildman–Crippen LogP) is 2.67. The molecule has 0 N–H and O–H groups in total. The molecule has 0 spiro atoms. The first-order chi connectivity index (χ1) is 13.3. The van der Waals surface area contributed by atoms with Crippen LogP contribution in [0.5, 0.6) is 0 Å². The van der Waals surface area contributed by atoms with E-state index in [-0.39, 0.29) is 11.1 Å². The molecule has 9 heteroatoms. The van der Waals surface area contributed by atoms with Gasteiger partial charge in [0.05, 0.1) is 17.7 Å². The zero-order chi connectivity index (χ0) is 20.3. The number of aromatic nitrogens is 1. The van der Waals surface area contributed by atoms with E-state index in [1.54, 1.807) is 16.4 Å². The Kier molecular flexibility index (Phi) is 7.14. The van der Waals surface area contributed by atoms with Gasteiger partial charge in [-0.3, -0.25) is 0 Å². The van der Waals surface area contributed by atoms with Crippen LogP contribution >= 0.6 is 15.9 Å². The van der Waals surface area contributed by atoms with Gasteiger partial charge in [-0.1, -0.05) is 12.2 Å². The zero-order valence-electron chi connectivity index (χ0n) is 16.4. The lowest BCUT2D eigenvalue weighted by atomic mass is 9.99. The minimum atomic E-state index is -3.76. The summed E-state index contributed by atoms with van der Waals surface area (Å²) in [5, 5.41) is 0.0492. The standard InChI is InChI=1S/C19H28BrN3O4S/c1-14(2)11-22(3)18-5-4-17(20)19(21-18)28(24,25)23-7-9-27-13-16(23)10-15-6-8-26-12-15/h4-5,15-16H,1,6-13H2,2-3H3. The highest BCUT2D eigenvalue weighted by Crippen LogP contribution is 2.31. The lowest BCUT2D eigenvalue weighted by Gasteiger charge is -2.35. The van der Waals surface area contributed by atoms with E-state index in [9.17, 15) is 8.42 Å². The third-order valence-electron chi connectivity index (χ3n) is 5.05. The normalized spacial score (nSPS) is 23.7. The number of ether oxygens (including phenoxy) is 2. The average molecular weight is 474 g/mol. The molecule has 0 aromatic carbocycles. The summed E-state index contributed by atoms with van der Waals surface area (Å²) < 4.78 is 40.1. The monoisotopic (exact) mass is 473 g/mol. The van der Waals surface area contributed by atoms with E-state index in [2.05, 4.69) is 27.5 Å². The van der Waals surface area contributed by atoms with E-state index < -0.39 is 10.0 Å². The van der Waals surface area contributed by atoms with Crippen molar-refractivity contribution in [2.75, 3.05) is 51.5 Å². The minimum Gasteiger partial charge on any atom is -0.381 e. The molecule has 0 bridgehead atoms. The van der Waals surface area contributed by atoms with Crippen molar-refractivity contribution in [3.8, 4) is 0 Å². The third-order valence-corrected chi connectivity index (χ3v) is 7.85. The highest BCUT2D eigenvalue weighted by atomic mass is 79.9. The number of hydrogen-bond acceptors (Lipinski definition) is 6. The maximum absolute atomic E-state index is 13.5. The van der Waals surface area contributed by atoms with Gasteiger partial charge in [0.15, 0.2) is 5.03 Å². The third kappa shape index (κ3) is 4.94. The molecule has 0 aliphatic carbocycles. The van der Waals surface area contributed by atoms with Crippen molar-refractivity contribution in [1.82, 2.24) is 9.29 Å². The van der Waals surface area contributed by atoms with Gasteiger partial charge in [-0.25, -0.2) is 13.4 Å². The Morgan fingerprint density at radius 2 is 2.11 bits per heavy atom. The second kappa shape index (κ2) is 9.21. The minimum absolute atomic E-state index is 0.0492. The van der Waals surface area contributed by atoms with Crippen molar-refractivity contribution in [3.63, 3.8) is 0 Å². The van der Waals surface area contributed by atoms with E-state index in [0.717, 1.165) is 25.0 Å². The molecule has 2 fully saturated rings. The fourth-order valence-corrected chi connectivity index (χ4v) is 6.13. The molecule has 2 aliphatic heterocycles. The molecule has 7 nitrogen and oxygen atoms in total. The number of sulfonamides is 1. The van der Waals surface area contributed by atoms with E-state index >= 15 is 0 Å². The Bertz CT molecular complexity index is 811. The van der Waals surface area contributed by atoms with Crippen LogP contribution in [-0.4, -0.2) is 70.3 Å². The van der Waals surface area contributed by atoms with Gasteiger partial charge in [0.1, 0.15) is 5.82 Å². The summed E-state index contributed by atoms with van der Waals surface area (Å²) in [7, 11) is -1.89. The molecule has 1 aromatic rings. The van der Waals surface area contributed by atoms with Crippen LogP contribution in [0.3, 0.4) is 0 Å². The van der Waals surface area contributed by atoms with Gasteiger partial charge in [-0.05, 0) is 53.7 Å². The van der Waals surface area contributed by atoms with Crippen molar-refractivity contribution < 1.29 is 17.9 Å². The van der Waals surface area contributed by atoms with E-state index in [1.165, 1.54) is 0 Å². The molecule has 0 amide bonds. The molecule has 28 heavy (non-hydrogen) atoms. The van der Waals surface area contributed by atoms with Crippen LogP contribution in [-0.2, 0) is 19.5 Å². The van der Waals surface area contributed by atoms with E-state index in [0.29, 0.717) is 49.1 Å². The molecule has 2 aliphatic rings. The lowest BCUT2D eigenvalue weighted by molar-refractivity contribution is 0.0228. The van der Waals surface area contributed by atoms with Crippen LogP contribution in [0.1, 0.15) is 19.8 Å². The number of halogens is 1. The quantitative estimate of drug-likeness (QED) is 0.566. The Morgan fingerprint density at radius 3 is 2.79 bits per heavy atom. The molecular weight excluding hydrogens is 446 g/mol. The fourth-order valence-electron chi connectivity index (χ4n) is 3.70. The van der Waals surface area contributed by atoms with Crippen LogP contribution in [0.15, 0.2) is 33.8 Å². The number of morpholine rings is 1. The second-order valence-electron chi connectivity index (χ2n) is 7.58. The Hall–Kier alpha value is -1.00. The smallest absolute Gasteiger partial charge is 0.262 e. The van der Waals surface area contributed by atoms with Gasteiger partial charge in [0, 0.05) is 39.4 Å². The molecule has 2 saturated heterocycles. The first-order valence-electron chi connectivity index (χ1n) is 9.48. The van der Waals surface area contributed by atoms with E-state index in [1.807, 2.05) is 18.9 Å². The number of rotatable bonds is 7. The summed E-state index contributed by atoms with van der Waals surface area (Å²) in [6.07, 6.45) is 1.71. The average Bonchev–Trinajstić information content (AvgIpc) is 3.14. The summed E-state index contributed by atoms with van der Waals surface area (Å²) in [6.45, 7) is 9.01. The summed E-state index contributed by atoms with van der Waals surface area (Å²) >= 11 is 3.39. The van der Waals surface area contributed by atoms with Crippen LogP contribution < -0.4 is 4.90 Å². The van der Waals surface area contributed by atoms with Crippen molar-refractivity contribution in [2.24, 2.45) is 5.92 Å². The number of anilines is 1. The zero-order valence-corrected chi connectivity index (χ0v) is 18.8. The van der Waals surface area contributed by atoms with Crippen molar-refractivity contribution in [2.45, 2.75) is 30.8 Å². The summed E-state index contributed by atoms with van der Waals surface area (Å²) in [6, 6.07) is 3.35. The van der Waals surface area contributed by atoms with Gasteiger partial charge in [0.25, 0.3) is 10.0 Å². The highest BCUT2D eigenvalue weighted by Gasteiger charge is 2.38. The van der Waals surface area contributed by atoms with Crippen LogP contribution in [0.2, 0.25) is 0 Å².